The Morgan fingerprint density at radius 1 is 1.20 bits per heavy atom. The van der Waals surface area contributed by atoms with Gasteiger partial charge in [-0.15, -0.1) is 0 Å². The van der Waals surface area contributed by atoms with Crippen molar-refractivity contribution in [2.75, 3.05) is 26.7 Å². The summed E-state index contributed by atoms with van der Waals surface area (Å²) in [6.45, 7) is 5.62. The summed E-state index contributed by atoms with van der Waals surface area (Å²) in [4.78, 5) is 16.4. The standard InChI is InChI=1S/C23H31FN4O2/c1-4-26-23(27-12-11-18-13-16(2)5-10-21(18)30-3)28-15-19(22(25)29)14-17-6-8-20(24)9-7-17/h5-10,13,19H,4,11-12,14-15H2,1-3H3,(H2,25,29)(H2,26,27,28). The van der Waals surface area contributed by atoms with E-state index in [1.165, 1.54) is 17.7 Å². The molecule has 4 N–H and O–H groups in total. The maximum atomic E-state index is 13.1. The van der Waals surface area contributed by atoms with Crippen LogP contribution in [0, 0.1) is 18.7 Å². The van der Waals surface area contributed by atoms with Gasteiger partial charge in [0.15, 0.2) is 5.96 Å². The summed E-state index contributed by atoms with van der Waals surface area (Å²) < 4.78 is 18.5. The third-order valence-electron chi connectivity index (χ3n) is 4.73. The summed E-state index contributed by atoms with van der Waals surface area (Å²) in [6.07, 6.45) is 1.18. The second-order valence-electron chi connectivity index (χ2n) is 7.14. The smallest absolute Gasteiger partial charge is 0.222 e. The van der Waals surface area contributed by atoms with E-state index in [0.717, 1.165) is 23.3 Å². The minimum atomic E-state index is -0.470. The monoisotopic (exact) mass is 414 g/mol. The van der Waals surface area contributed by atoms with Crippen molar-refractivity contribution >= 4 is 11.9 Å². The van der Waals surface area contributed by atoms with E-state index in [1.807, 2.05) is 26.0 Å². The topological polar surface area (TPSA) is 88.7 Å². The molecule has 0 aliphatic carbocycles. The minimum absolute atomic E-state index is 0.246. The first-order valence-electron chi connectivity index (χ1n) is 10.1. The van der Waals surface area contributed by atoms with Crippen molar-refractivity contribution in [3.8, 4) is 5.75 Å². The molecule has 7 heteroatoms. The number of nitrogens with zero attached hydrogens (tertiary/aromatic N) is 1. The van der Waals surface area contributed by atoms with Crippen LogP contribution in [-0.4, -0.2) is 38.6 Å². The van der Waals surface area contributed by atoms with Crippen LogP contribution >= 0.6 is 0 Å². The lowest BCUT2D eigenvalue weighted by Crippen LogP contribution is -2.39. The third-order valence-corrected chi connectivity index (χ3v) is 4.73. The van der Waals surface area contributed by atoms with Crippen molar-refractivity contribution in [2.45, 2.75) is 26.7 Å². The lowest BCUT2D eigenvalue weighted by atomic mass is 9.99. The molecule has 1 atom stereocenters. The fourth-order valence-electron chi connectivity index (χ4n) is 3.12. The van der Waals surface area contributed by atoms with Crippen LogP contribution < -0.4 is 21.1 Å². The number of benzene rings is 2. The zero-order chi connectivity index (χ0) is 21.9. The van der Waals surface area contributed by atoms with Crippen LogP contribution in [0.4, 0.5) is 4.39 Å². The fourth-order valence-corrected chi connectivity index (χ4v) is 3.12. The van der Waals surface area contributed by atoms with Crippen molar-refractivity contribution in [3.63, 3.8) is 0 Å². The number of rotatable bonds is 10. The Balaban J connectivity index is 1.98. The molecular weight excluding hydrogens is 383 g/mol. The Morgan fingerprint density at radius 2 is 1.93 bits per heavy atom. The van der Waals surface area contributed by atoms with E-state index in [1.54, 1.807) is 19.2 Å². The average molecular weight is 415 g/mol. The van der Waals surface area contributed by atoms with E-state index in [9.17, 15) is 9.18 Å². The quantitative estimate of drug-likeness (QED) is 0.412. The fraction of sp³-hybridized carbons (Fsp3) is 0.391. The van der Waals surface area contributed by atoms with Crippen LogP contribution in [0.15, 0.2) is 47.5 Å². The van der Waals surface area contributed by atoms with E-state index in [4.69, 9.17) is 10.5 Å². The lowest BCUT2D eigenvalue weighted by Gasteiger charge is -2.15. The molecule has 0 fully saturated rings. The van der Waals surface area contributed by atoms with E-state index in [0.29, 0.717) is 25.5 Å². The maximum Gasteiger partial charge on any atom is 0.222 e. The van der Waals surface area contributed by atoms with Crippen LogP contribution in [0.2, 0.25) is 0 Å². The molecule has 1 amide bonds. The van der Waals surface area contributed by atoms with E-state index in [2.05, 4.69) is 21.7 Å². The molecular formula is C23H31FN4O2. The molecule has 2 aromatic carbocycles. The molecule has 1 unspecified atom stereocenters. The van der Waals surface area contributed by atoms with Crippen LogP contribution in [0.25, 0.3) is 0 Å². The number of halogens is 1. The highest BCUT2D eigenvalue weighted by Crippen LogP contribution is 2.19. The van der Waals surface area contributed by atoms with Crippen molar-refractivity contribution in [1.29, 1.82) is 0 Å². The SMILES string of the molecule is CCNC(=NCC(Cc1ccc(F)cc1)C(N)=O)NCCc1cc(C)ccc1OC. The highest BCUT2D eigenvalue weighted by atomic mass is 19.1. The molecule has 0 radical (unpaired) electrons. The van der Waals surface area contributed by atoms with Gasteiger partial charge in [0.1, 0.15) is 11.6 Å². The highest BCUT2D eigenvalue weighted by Gasteiger charge is 2.16. The number of hydrogen-bond acceptors (Lipinski definition) is 3. The first-order valence-corrected chi connectivity index (χ1v) is 10.1. The molecule has 0 bridgehead atoms. The zero-order valence-electron chi connectivity index (χ0n) is 17.9. The second-order valence-corrected chi connectivity index (χ2v) is 7.14. The van der Waals surface area contributed by atoms with Gasteiger partial charge in [-0.25, -0.2) is 4.39 Å². The van der Waals surface area contributed by atoms with Crippen molar-refractivity contribution in [1.82, 2.24) is 10.6 Å². The van der Waals surface area contributed by atoms with Gasteiger partial charge in [-0.05, 0) is 56.0 Å². The Kier molecular flexibility index (Phi) is 9.12. The lowest BCUT2D eigenvalue weighted by molar-refractivity contribution is -0.121. The van der Waals surface area contributed by atoms with Crippen LogP contribution in [0.1, 0.15) is 23.6 Å². The number of nitrogens with two attached hydrogens (primary N) is 1. The molecule has 0 aliphatic rings. The molecule has 0 saturated carbocycles. The Labute approximate surface area is 177 Å². The Hall–Kier alpha value is -3.09. The number of hydrogen-bond donors (Lipinski definition) is 3. The van der Waals surface area contributed by atoms with Gasteiger partial charge in [-0.1, -0.05) is 29.8 Å². The maximum absolute atomic E-state index is 13.1. The first-order chi connectivity index (χ1) is 14.4. The molecule has 2 rings (SSSR count). The van der Waals surface area contributed by atoms with Crippen molar-refractivity contribution < 1.29 is 13.9 Å². The van der Waals surface area contributed by atoms with E-state index in [-0.39, 0.29) is 12.4 Å². The molecule has 2 aromatic rings. The van der Waals surface area contributed by atoms with Gasteiger partial charge in [0.05, 0.1) is 19.6 Å². The van der Waals surface area contributed by atoms with Crippen LogP contribution in [0.3, 0.4) is 0 Å². The van der Waals surface area contributed by atoms with E-state index >= 15 is 0 Å². The van der Waals surface area contributed by atoms with Gasteiger partial charge in [0.2, 0.25) is 5.91 Å². The molecule has 0 heterocycles. The van der Waals surface area contributed by atoms with Crippen LogP contribution in [-0.2, 0) is 17.6 Å². The van der Waals surface area contributed by atoms with Gasteiger partial charge >= 0.3 is 0 Å². The van der Waals surface area contributed by atoms with Gasteiger partial charge in [0, 0.05) is 13.1 Å². The normalized spacial score (nSPS) is 12.3. The zero-order valence-corrected chi connectivity index (χ0v) is 17.9. The third kappa shape index (κ3) is 7.39. The highest BCUT2D eigenvalue weighted by molar-refractivity contribution is 5.81. The predicted molar refractivity (Wildman–Crippen MR) is 118 cm³/mol. The van der Waals surface area contributed by atoms with Crippen LogP contribution in [0.5, 0.6) is 5.75 Å². The number of guanidine groups is 1. The summed E-state index contributed by atoms with van der Waals surface area (Å²) in [6, 6.07) is 12.2. The number of carbonyl (C=O) groups is 1. The average Bonchev–Trinajstić information content (AvgIpc) is 2.72. The number of amides is 1. The first kappa shape index (κ1) is 23.2. The molecule has 162 valence electrons. The molecule has 0 aliphatic heterocycles. The predicted octanol–water partition coefficient (Wildman–Crippen LogP) is 2.58. The number of methoxy groups -OCH3 is 1. The molecule has 0 spiro atoms. The number of aryl methyl sites for hydroxylation is 1. The Bertz CT molecular complexity index is 853. The molecule has 30 heavy (non-hydrogen) atoms. The Morgan fingerprint density at radius 3 is 2.57 bits per heavy atom. The number of ether oxygens (including phenoxy) is 1. The van der Waals surface area contributed by atoms with Gasteiger partial charge < -0.3 is 21.1 Å². The van der Waals surface area contributed by atoms with Gasteiger partial charge in [-0.2, -0.15) is 0 Å². The van der Waals surface area contributed by atoms with Gasteiger partial charge in [-0.3, -0.25) is 9.79 Å². The van der Waals surface area contributed by atoms with Crippen molar-refractivity contribution in [2.24, 2.45) is 16.6 Å². The number of nitrogens with one attached hydrogen (secondary N) is 2. The summed E-state index contributed by atoms with van der Waals surface area (Å²) in [5.74, 6) is 0.273. The molecule has 0 saturated heterocycles. The second kappa shape index (κ2) is 11.8. The van der Waals surface area contributed by atoms with Crippen molar-refractivity contribution in [3.05, 3.63) is 65.0 Å². The summed E-state index contributed by atoms with van der Waals surface area (Å²) >= 11 is 0. The summed E-state index contributed by atoms with van der Waals surface area (Å²) in [7, 11) is 1.66. The number of primary amides is 1. The summed E-state index contributed by atoms with van der Waals surface area (Å²) in [5, 5.41) is 6.47. The number of aliphatic imine (C=N–C) groups is 1. The summed E-state index contributed by atoms with van der Waals surface area (Å²) in [5.41, 5.74) is 8.70. The molecule has 6 nitrogen and oxygen atoms in total. The minimum Gasteiger partial charge on any atom is -0.496 e. The molecule has 0 aromatic heterocycles. The van der Waals surface area contributed by atoms with Gasteiger partial charge in [0.25, 0.3) is 0 Å². The largest absolute Gasteiger partial charge is 0.496 e. The number of carbonyl (C=O) groups excluding carboxylic acids is 1. The van der Waals surface area contributed by atoms with E-state index < -0.39 is 11.8 Å².